The van der Waals surface area contributed by atoms with E-state index < -0.39 is 0 Å². The first-order valence-electron chi connectivity index (χ1n) is 10.7. The van der Waals surface area contributed by atoms with Gasteiger partial charge in [0.2, 0.25) is 5.91 Å². The zero-order valence-corrected chi connectivity index (χ0v) is 20.7. The molecular formula is C24H23N3O3S3. The molecule has 1 aliphatic heterocycles. The lowest BCUT2D eigenvalue weighted by Gasteiger charge is -2.35. The second kappa shape index (κ2) is 9.42. The van der Waals surface area contributed by atoms with Crippen LogP contribution in [0.2, 0.25) is 0 Å². The van der Waals surface area contributed by atoms with Gasteiger partial charge < -0.3 is 9.64 Å². The fraction of sp³-hybridized carbons (Fsp3) is 0.292. The van der Waals surface area contributed by atoms with Crippen LogP contribution in [0.15, 0.2) is 63.2 Å². The van der Waals surface area contributed by atoms with E-state index >= 15 is 0 Å². The second-order valence-electron chi connectivity index (χ2n) is 8.02. The summed E-state index contributed by atoms with van der Waals surface area (Å²) in [5.41, 5.74) is 1.54. The van der Waals surface area contributed by atoms with Crippen molar-refractivity contribution in [2.24, 2.45) is 0 Å². The summed E-state index contributed by atoms with van der Waals surface area (Å²) in [5.74, 6) is 0.245. The molecule has 0 unspecified atom stereocenters. The van der Waals surface area contributed by atoms with E-state index in [1.165, 1.54) is 23.1 Å². The molecule has 3 aromatic heterocycles. The molecule has 0 bridgehead atoms. The Bertz CT molecular complexity index is 1320. The number of morpholine rings is 1. The largest absolute Gasteiger partial charge is 0.372 e. The highest BCUT2D eigenvalue weighted by atomic mass is 32.2. The molecule has 1 aromatic carbocycles. The van der Waals surface area contributed by atoms with E-state index in [1.54, 1.807) is 15.9 Å². The number of hydrogen-bond acceptors (Lipinski definition) is 7. The van der Waals surface area contributed by atoms with E-state index in [2.05, 4.69) is 0 Å². The first-order chi connectivity index (χ1) is 16.0. The van der Waals surface area contributed by atoms with Crippen LogP contribution in [0, 0.1) is 0 Å². The van der Waals surface area contributed by atoms with E-state index in [-0.39, 0.29) is 29.4 Å². The smallest absolute Gasteiger partial charge is 0.268 e. The molecule has 6 nitrogen and oxygen atoms in total. The third-order valence-electron chi connectivity index (χ3n) is 5.48. The molecule has 1 aliphatic rings. The molecule has 1 fully saturated rings. The Kier molecular flexibility index (Phi) is 6.38. The van der Waals surface area contributed by atoms with Crippen molar-refractivity contribution in [3.05, 3.63) is 63.6 Å². The molecule has 0 saturated carbocycles. The van der Waals surface area contributed by atoms with Crippen LogP contribution in [0.3, 0.4) is 0 Å². The number of thioether (sulfide) groups is 1. The lowest BCUT2D eigenvalue weighted by molar-refractivity contribution is -0.140. The van der Waals surface area contributed by atoms with Crippen molar-refractivity contribution in [1.29, 1.82) is 0 Å². The number of carbonyl (C=O) groups excluding carboxylic acids is 1. The zero-order chi connectivity index (χ0) is 22.9. The first-order valence-corrected chi connectivity index (χ1v) is 13.5. The van der Waals surface area contributed by atoms with Gasteiger partial charge >= 0.3 is 0 Å². The van der Waals surface area contributed by atoms with E-state index in [4.69, 9.17) is 9.72 Å². The third-order valence-corrected chi connectivity index (χ3v) is 8.17. The number of amides is 1. The molecule has 0 N–H and O–H groups in total. The maximum absolute atomic E-state index is 13.8. The van der Waals surface area contributed by atoms with Gasteiger partial charge in [0.15, 0.2) is 5.16 Å². The number of ether oxygens (including phenoxy) is 1. The average molecular weight is 498 g/mol. The average Bonchev–Trinajstić information content (AvgIpc) is 3.47. The predicted molar refractivity (Wildman–Crippen MR) is 136 cm³/mol. The molecule has 0 spiro atoms. The quantitative estimate of drug-likeness (QED) is 0.290. The van der Waals surface area contributed by atoms with Gasteiger partial charge in [0.05, 0.1) is 29.0 Å². The molecule has 0 aliphatic carbocycles. The van der Waals surface area contributed by atoms with Crippen LogP contribution in [-0.2, 0) is 9.53 Å². The van der Waals surface area contributed by atoms with E-state index in [0.717, 1.165) is 16.1 Å². The molecule has 2 atom stereocenters. The molecular weight excluding hydrogens is 474 g/mol. The summed E-state index contributed by atoms with van der Waals surface area (Å²) in [6, 6.07) is 13.5. The summed E-state index contributed by atoms with van der Waals surface area (Å²) in [6.07, 6.45) is 0.0305. The second-order valence-corrected chi connectivity index (χ2v) is 10.8. The van der Waals surface area contributed by atoms with Gasteiger partial charge in [-0.25, -0.2) is 4.98 Å². The van der Waals surface area contributed by atoms with Crippen molar-refractivity contribution in [2.45, 2.75) is 31.2 Å². The van der Waals surface area contributed by atoms with E-state index in [0.29, 0.717) is 28.5 Å². The lowest BCUT2D eigenvalue weighted by atomic mass is 10.2. The number of hydrogen-bond donors (Lipinski definition) is 0. The number of aromatic nitrogens is 2. The number of thiophene rings is 2. The number of para-hydroxylation sites is 1. The minimum atomic E-state index is -0.112. The highest BCUT2D eigenvalue weighted by Gasteiger charge is 2.26. The maximum atomic E-state index is 13.8. The Balaban J connectivity index is 1.53. The van der Waals surface area contributed by atoms with Crippen LogP contribution in [0.1, 0.15) is 13.8 Å². The maximum Gasteiger partial charge on any atom is 0.268 e. The first kappa shape index (κ1) is 22.3. The van der Waals surface area contributed by atoms with Gasteiger partial charge in [-0.3, -0.25) is 14.2 Å². The fourth-order valence-electron chi connectivity index (χ4n) is 4.09. The minimum Gasteiger partial charge on any atom is -0.372 e. The van der Waals surface area contributed by atoms with Crippen LogP contribution in [0.5, 0.6) is 0 Å². The van der Waals surface area contributed by atoms with Crippen molar-refractivity contribution in [3.63, 3.8) is 0 Å². The Morgan fingerprint density at radius 2 is 1.88 bits per heavy atom. The summed E-state index contributed by atoms with van der Waals surface area (Å²) in [7, 11) is 0. The Labute approximate surface area is 203 Å². The van der Waals surface area contributed by atoms with E-state index in [9.17, 15) is 9.59 Å². The fourth-order valence-corrected chi connectivity index (χ4v) is 6.80. The molecule has 9 heteroatoms. The van der Waals surface area contributed by atoms with Crippen molar-refractivity contribution in [3.8, 4) is 16.1 Å². The summed E-state index contributed by atoms with van der Waals surface area (Å²) in [6.45, 7) is 5.12. The number of benzene rings is 1. The van der Waals surface area contributed by atoms with Crippen molar-refractivity contribution < 1.29 is 9.53 Å². The molecule has 5 rings (SSSR count). The van der Waals surface area contributed by atoms with Crippen molar-refractivity contribution in [2.75, 3.05) is 18.8 Å². The summed E-state index contributed by atoms with van der Waals surface area (Å²) in [5, 5.41) is 5.15. The van der Waals surface area contributed by atoms with Gasteiger partial charge in [-0.15, -0.1) is 22.7 Å². The summed E-state index contributed by atoms with van der Waals surface area (Å²) < 4.78 is 7.38. The highest BCUT2D eigenvalue weighted by Crippen LogP contribution is 2.35. The SMILES string of the molecule is C[C@@H]1CN(C(=O)CSc2nc3scc(-c4cccs4)c3c(=O)n2-c2ccccc2)C[C@@H](C)O1. The van der Waals surface area contributed by atoms with Gasteiger partial charge in [0.1, 0.15) is 4.83 Å². The van der Waals surface area contributed by atoms with Gasteiger partial charge in [-0.05, 0) is 37.4 Å². The van der Waals surface area contributed by atoms with E-state index in [1.807, 2.05) is 72.0 Å². The Morgan fingerprint density at radius 3 is 2.58 bits per heavy atom. The minimum absolute atomic E-state index is 0.0152. The number of fused-ring (bicyclic) bond motifs is 1. The normalized spacial score (nSPS) is 18.7. The molecule has 1 amide bonds. The Hall–Kier alpha value is -2.46. The molecule has 4 heterocycles. The molecule has 33 heavy (non-hydrogen) atoms. The molecule has 1 saturated heterocycles. The topological polar surface area (TPSA) is 64.4 Å². The molecule has 4 aromatic rings. The van der Waals surface area contributed by atoms with Crippen LogP contribution in [-0.4, -0.2) is 51.4 Å². The Morgan fingerprint density at radius 1 is 1.12 bits per heavy atom. The number of nitrogens with zero attached hydrogens (tertiary/aromatic N) is 3. The van der Waals surface area contributed by atoms with Crippen molar-refractivity contribution >= 4 is 50.6 Å². The summed E-state index contributed by atoms with van der Waals surface area (Å²) >= 11 is 4.38. The summed E-state index contributed by atoms with van der Waals surface area (Å²) in [4.78, 5) is 35.2. The number of carbonyl (C=O) groups is 1. The molecule has 0 radical (unpaired) electrons. The van der Waals surface area contributed by atoms with Crippen LogP contribution in [0.25, 0.3) is 26.3 Å². The molecule has 170 valence electrons. The zero-order valence-electron chi connectivity index (χ0n) is 18.3. The van der Waals surface area contributed by atoms with Gasteiger partial charge in [-0.1, -0.05) is 36.0 Å². The highest BCUT2D eigenvalue weighted by molar-refractivity contribution is 7.99. The predicted octanol–water partition coefficient (Wildman–Crippen LogP) is 4.90. The van der Waals surface area contributed by atoms with Gasteiger partial charge in [-0.2, -0.15) is 0 Å². The monoisotopic (exact) mass is 497 g/mol. The van der Waals surface area contributed by atoms with Crippen LogP contribution < -0.4 is 5.56 Å². The van der Waals surface area contributed by atoms with Crippen molar-refractivity contribution in [1.82, 2.24) is 14.5 Å². The lowest BCUT2D eigenvalue weighted by Crippen LogP contribution is -2.48. The van der Waals surface area contributed by atoms with Crippen LogP contribution in [0.4, 0.5) is 0 Å². The third kappa shape index (κ3) is 4.50. The number of rotatable bonds is 5. The van der Waals surface area contributed by atoms with Gasteiger partial charge in [0, 0.05) is 28.9 Å². The standard InChI is InChI=1S/C24H23N3O3S3/c1-15-11-26(12-16(2)30-15)20(28)14-33-24-25-22-21(18(13-32-22)19-9-6-10-31-19)23(29)27(24)17-7-4-3-5-8-17/h3-10,13,15-16H,11-12,14H2,1-2H3/t15-,16-/m1/s1. The van der Waals surface area contributed by atoms with Gasteiger partial charge in [0.25, 0.3) is 5.56 Å². The van der Waals surface area contributed by atoms with Crippen LogP contribution >= 0.6 is 34.4 Å².